The van der Waals surface area contributed by atoms with E-state index >= 15 is 0 Å². The number of carboxylic acids is 3. The van der Waals surface area contributed by atoms with Gasteiger partial charge in [0.15, 0.2) is 25.2 Å². The van der Waals surface area contributed by atoms with E-state index in [1.807, 2.05) is 0 Å². The first-order chi connectivity index (χ1) is 50.5. The molecule has 0 aliphatic carbocycles. The fraction of sp³-hybridized carbons (Fsp3) is 0.881. The van der Waals surface area contributed by atoms with Crippen LogP contribution in [0.2, 0.25) is 0 Å². The lowest BCUT2D eigenvalue weighted by Crippen LogP contribution is -2.72. The average Bonchev–Trinajstić information content (AvgIpc) is 0.759. The molecule has 29 N–H and O–H groups in total. The predicted molar refractivity (Wildman–Crippen MR) is 330 cm³/mol. The molecule has 7 fully saturated rings. The number of carbonyl (C=O) groups is 7. The Balaban J connectivity index is 1.27. The molecule has 49 nitrogen and oxygen atoms in total. The predicted octanol–water partition coefficient (Wildman–Crippen LogP) is -18.1. The maximum atomic E-state index is 13.6. The number of hydrogen-bond acceptors (Lipinski definition) is 42. The van der Waals surface area contributed by atoms with E-state index in [9.17, 15) is 161 Å². The maximum absolute atomic E-state index is 13.6. The van der Waals surface area contributed by atoms with Crippen LogP contribution in [0.25, 0.3) is 0 Å². The molecule has 622 valence electrons. The molecule has 7 saturated heterocycles. The van der Waals surface area contributed by atoms with Gasteiger partial charge in [-0.25, -0.2) is 14.4 Å². The maximum Gasteiger partial charge on any atom is 0.364 e. The van der Waals surface area contributed by atoms with Crippen molar-refractivity contribution < 1.29 is 223 Å². The lowest BCUT2D eigenvalue weighted by Gasteiger charge is -2.52. The molecule has 7 aliphatic rings. The molecule has 38 atom stereocenters. The zero-order chi connectivity index (χ0) is 80.8. The molecule has 49 heteroatoms. The van der Waals surface area contributed by atoms with Gasteiger partial charge in [0.1, 0.15) is 153 Å². The van der Waals surface area contributed by atoms with E-state index in [1.165, 1.54) is 0 Å². The molecule has 108 heavy (non-hydrogen) atoms. The summed E-state index contributed by atoms with van der Waals surface area (Å²) in [4.78, 5) is 90.2. The van der Waals surface area contributed by atoms with Crippen molar-refractivity contribution in [2.75, 3.05) is 46.2 Å². The fourth-order valence-corrected chi connectivity index (χ4v) is 13.5. The average molecular weight is 1580 g/mol. The van der Waals surface area contributed by atoms with E-state index < -0.39 is 339 Å². The number of carbonyl (C=O) groups excluding carboxylic acids is 4. The second kappa shape index (κ2) is 37.7. The van der Waals surface area contributed by atoms with E-state index in [-0.39, 0.29) is 0 Å². The number of hydrogen-bond donors (Lipinski definition) is 29. The Morgan fingerprint density at radius 2 is 0.694 bits per heavy atom. The molecule has 0 spiro atoms. The molecule has 0 aromatic carbocycles. The minimum atomic E-state index is -3.52. The van der Waals surface area contributed by atoms with Crippen LogP contribution in [0, 0.1) is 0 Å². The Morgan fingerprint density at radius 3 is 1.06 bits per heavy atom. The van der Waals surface area contributed by atoms with Gasteiger partial charge in [-0.1, -0.05) is 0 Å². The second-order valence-electron chi connectivity index (χ2n) is 26.9. The summed E-state index contributed by atoms with van der Waals surface area (Å²) in [6, 6.07) is -7.62. The molecule has 7 rings (SSSR count). The SMILES string of the molecule is CC(=O)N[C@H]1[C@H](O[C@H]2[C@@H](O)[C@@H](CO[C@]3(C(=O)O)C[C@H](O)[C@@H](NC(C)=O)[C@H]([C@H](O)[C@H](O)CO)O3)O[C@@H](O[C@H]3[C@H](O)[C@@H](O)C(O)O[C@@H]3CO)[C@@H]2O)O[C@H](CO)[C@@H](O[C@@H]2O[C@H](CO[C@]3(C(=O)O)C[C@H](O)[C@@H](NC(C)=O)[C@H]([C@H](O)[C@H](O)CO)O3)[C@H](O)[C@H](O[C@]3(C(=O)O)C[C@H](O)[C@@H](NC(C)=O)[C@H]([C@H](O)[C@H](O)CO)O3)[C@H]2O)[C@@H]1O. The van der Waals surface area contributed by atoms with Gasteiger partial charge in [-0.15, -0.1) is 0 Å². The van der Waals surface area contributed by atoms with Gasteiger partial charge in [0, 0.05) is 47.0 Å². The zero-order valence-electron chi connectivity index (χ0n) is 57.6. The molecule has 7 aliphatic heterocycles. The third kappa shape index (κ3) is 19.7. The molecular weight excluding hydrogens is 1480 g/mol. The summed E-state index contributed by atoms with van der Waals surface area (Å²) < 4.78 is 75.1. The second-order valence-corrected chi connectivity index (χ2v) is 26.9. The molecule has 0 aromatic rings. The normalized spacial score (nSPS) is 43.4. The lowest BCUT2D eigenvalue weighted by molar-refractivity contribution is -0.395. The molecule has 4 amide bonds. The first kappa shape index (κ1) is 90.1. The lowest BCUT2D eigenvalue weighted by atomic mass is 9.88. The minimum absolute atomic E-state index is 0.816. The Morgan fingerprint density at radius 1 is 0.380 bits per heavy atom. The van der Waals surface area contributed by atoms with Crippen molar-refractivity contribution in [1.29, 1.82) is 0 Å². The molecule has 7 heterocycles. The van der Waals surface area contributed by atoms with E-state index in [4.69, 9.17) is 61.6 Å². The summed E-state index contributed by atoms with van der Waals surface area (Å²) in [6.45, 7) is -5.52. The van der Waals surface area contributed by atoms with Gasteiger partial charge in [-0.3, -0.25) is 19.2 Å². The van der Waals surface area contributed by atoms with Crippen LogP contribution in [0.4, 0.5) is 0 Å². The molecule has 0 aromatic heterocycles. The first-order valence-corrected chi connectivity index (χ1v) is 33.5. The number of nitrogens with one attached hydrogen (secondary N) is 4. The minimum Gasteiger partial charge on any atom is -0.477 e. The molecular formula is C59H96N4O45. The molecule has 0 saturated carbocycles. The molecule has 0 radical (unpaired) electrons. The van der Waals surface area contributed by atoms with Crippen LogP contribution in [0.15, 0.2) is 0 Å². The number of ether oxygens (including phenoxy) is 13. The summed E-state index contributed by atoms with van der Waals surface area (Å²) >= 11 is 0. The third-order valence-electron chi connectivity index (χ3n) is 19.1. The van der Waals surface area contributed by atoms with Gasteiger partial charge < -0.3 is 211 Å². The summed E-state index contributed by atoms with van der Waals surface area (Å²) in [5.41, 5.74) is 0. The topological polar surface area (TPSA) is 793 Å². The number of rotatable bonds is 32. The van der Waals surface area contributed by atoms with Crippen LogP contribution in [0.5, 0.6) is 0 Å². The number of carboxylic acid groups (broad SMARTS) is 3. The van der Waals surface area contributed by atoms with E-state index in [1.54, 1.807) is 0 Å². The highest BCUT2D eigenvalue weighted by Gasteiger charge is 2.64. The third-order valence-corrected chi connectivity index (χ3v) is 19.1. The van der Waals surface area contributed by atoms with Crippen LogP contribution in [-0.2, 0) is 95.1 Å². The smallest absolute Gasteiger partial charge is 0.364 e. The van der Waals surface area contributed by atoms with Crippen LogP contribution in [0.3, 0.4) is 0 Å². The van der Waals surface area contributed by atoms with Crippen molar-refractivity contribution in [3.05, 3.63) is 0 Å². The van der Waals surface area contributed by atoms with E-state index in [0.717, 1.165) is 27.7 Å². The quantitative estimate of drug-likeness (QED) is 0.0297. The standard InChI is InChI=1S/C59H96N4O45/c1-15(69)60-29-19(73)5-57(54(90)91,105-45(29)33(79)22(76)8-64)96-13-27-36(82)48(41(87)52(100-27)103-44-25(11-67)98-50(89)40(86)39(44)85)104-51-32(63-18(4)72)38(84)43(26(12-68)99-51)102-53-42(88)49(108-59(56(94)95)7-21(75)31(62-17(3)71)47(107-59)35(81)24(78)10-66)37(83)28(101-53)14-97-58(55(92)93)6-20(74)30(61-16(2)70)46(106-58)34(80)23(77)9-65/h19-53,64-68,73-89H,5-14H2,1-4H3,(H,60,69)(H,61,70)(H,62,71)(H,63,72)(H,90,91)(H,92,93)(H,94,95)/t19-,20-,21-,22+,23+,24+,25+,26+,27+,28+,29+,30+,31+,32+,33+,34+,35+,36-,37-,38+,39+,40+,41+,42+,43+,44+,45+,46+,47+,48-,49-,50?,51-,52-,53-,57+,58+,59-/m0/s1. The van der Waals surface area contributed by atoms with Gasteiger partial charge in [0.2, 0.25) is 23.6 Å². The van der Waals surface area contributed by atoms with Crippen molar-refractivity contribution in [3.63, 3.8) is 0 Å². The highest BCUT2D eigenvalue weighted by Crippen LogP contribution is 2.42. The number of aliphatic carboxylic acids is 3. The van der Waals surface area contributed by atoms with Crippen molar-refractivity contribution in [2.45, 2.75) is 278 Å². The van der Waals surface area contributed by atoms with Gasteiger partial charge in [0.05, 0.1) is 82.7 Å². The number of aliphatic hydroxyl groups excluding tert-OH is 22. The Bertz CT molecular complexity index is 3010. The summed E-state index contributed by atoms with van der Waals surface area (Å²) in [7, 11) is 0. The summed E-state index contributed by atoms with van der Waals surface area (Å²) in [5, 5.41) is 284. The van der Waals surface area contributed by atoms with Crippen LogP contribution in [-0.4, -0.2) is 447 Å². The van der Waals surface area contributed by atoms with Crippen molar-refractivity contribution >= 4 is 41.5 Å². The fourth-order valence-electron chi connectivity index (χ4n) is 13.5. The summed E-state index contributed by atoms with van der Waals surface area (Å²) in [6.07, 6.45) is -76.1. The van der Waals surface area contributed by atoms with E-state index in [2.05, 4.69) is 21.3 Å². The van der Waals surface area contributed by atoms with Crippen molar-refractivity contribution in [1.82, 2.24) is 21.3 Å². The molecule has 0 bridgehead atoms. The monoisotopic (exact) mass is 1580 g/mol. The van der Waals surface area contributed by atoms with Gasteiger partial charge in [-0.2, -0.15) is 0 Å². The van der Waals surface area contributed by atoms with Crippen molar-refractivity contribution in [2.24, 2.45) is 0 Å². The zero-order valence-corrected chi connectivity index (χ0v) is 57.6. The highest BCUT2D eigenvalue weighted by molar-refractivity contribution is 5.78. The van der Waals surface area contributed by atoms with Crippen LogP contribution < -0.4 is 21.3 Å². The largest absolute Gasteiger partial charge is 0.477 e. The van der Waals surface area contributed by atoms with Gasteiger partial charge >= 0.3 is 17.9 Å². The van der Waals surface area contributed by atoms with Crippen molar-refractivity contribution in [3.8, 4) is 0 Å². The Kier molecular flexibility index (Phi) is 31.4. The molecule has 1 unspecified atom stereocenters. The van der Waals surface area contributed by atoms with Gasteiger partial charge in [0.25, 0.3) is 17.4 Å². The first-order valence-electron chi connectivity index (χ1n) is 33.5. The Labute approximate surface area is 609 Å². The Hall–Kier alpha value is -5.11. The summed E-state index contributed by atoms with van der Waals surface area (Å²) in [5.74, 6) is -20.5. The van der Waals surface area contributed by atoms with E-state index in [0.29, 0.717) is 0 Å². The van der Waals surface area contributed by atoms with Gasteiger partial charge in [-0.05, 0) is 0 Å². The number of amides is 4. The highest BCUT2D eigenvalue weighted by atomic mass is 16.8. The van der Waals surface area contributed by atoms with Crippen LogP contribution in [0.1, 0.15) is 47.0 Å². The number of aliphatic hydroxyl groups is 22. The van der Waals surface area contributed by atoms with Crippen LogP contribution >= 0.6 is 0 Å².